The summed E-state index contributed by atoms with van der Waals surface area (Å²) in [4.78, 5) is 21.0. The Hall–Kier alpha value is -1.95. The smallest absolute Gasteiger partial charge is 0.274 e. The number of benzene rings is 1. The van der Waals surface area contributed by atoms with E-state index in [4.69, 9.17) is 0 Å². The second-order valence-corrected chi connectivity index (χ2v) is 6.41. The Bertz CT molecular complexity index is 728. The van der Waals surface area contributed by atoms with Crippen LogP contribution in [0.1, 0.15) is 34.6 Å². The first-order valence-corrected chi connectivity index (χ1v) is 8.00. The fraction of sp³-hybridized carbons (Fsp3) is 0.312. The molecule has 2 aromatic rings. The molecule has 1 aromatic carbocycles. The number of hydrogen-bond donors (Lipinski definition) is 2. The molecule has 2 N–H and O–H groups in total. The molecule has 1 amide bonds. The van der Waals surface area contributed by atoms with Gasteiger partial charge in [0.25, 0.3) is 5.91 Å². The van der Waals surface area contributed by atoms with Gasteiger partial charge in [-0.3, -0.25) is 4.79 Å². The molecule has 1 heterocycles. The molecule has 22 heavy (non-hydrogen) atoms. The Kier molecular flexibility index (Phi) is 4.11. The van der Waals surface area contributed by atoms with Crippen molar-refractivity contribution < 1.29 is 4.79 Å². The molecular formula is C16H17BrN4O. The quantitative estimate of drug-likeness (QED) is 0.872. The van der Waals surface area contributed by atoms with Crippen LogP contribution in [0, 0.1) is 13.8 Å². The van der Waals surface area contributed by atoms with Gasteiger partial charge in [0.05, 0.1) is 0 Å². The van der Waals surface area contributed by atoms with Crippen molar-refractivity contribution in [2.45, 2.75) is 32.7 Å². The highest BCUT2D eigenvalue weighted by atomic mass is 79.9. The number of hydrogen-bond acceptors (Lipinski definition) is 4. The van der Waals surface area contributed by atoms with Crippen LogP contribution in [0.4, 0.5) is 11.6 Å². The lowest BCUT2D eigenvalue weighted by Crippen LogP contribution is -2.16. The average molecular weight is 361 g/mol. The first-order chi connectivity index (χ1) is 10.5. The number of amides is 1. The van der Waals surface area contributed by atoms with Crippen molar-refractivity contribution in [3.63, 3.8) is 0 Å². The van der Waals surface area contributed by atoms with E-state index in [9.17, 15) is 4.79 Å². The van der Waals surface area contributed by atoms with E-state index in [1.165, 1.54) is 0 Å². The van der Waals surface area contributed by atoms with Gasteiger partial charge in [0.2, 0.25) is 5.95 Å². The van der Waals surface area contributed by atoms with Gasteiger partial charge < -0.3 is 10.6 Å². The van der Waals surface area contributed by atoms with Gasteiger partial charge in [-0.15, -0.1) is 0 Å². The van der Waals surface area contributed by atoms with E-state index >= 15 is 0 Å². The number of aryl methyl sites for hydroxylation is 2. The number of anilines is 2. The van der Waals surface area contributed by atoms with E-state index in [-0.39, 0.29) is 5.91 Å². The largest absolute Gasteiger partial charge is 0.351 e. The van der Waals surface area contributed by atoms with Crippen LogP contribution in [0.5, 0.6) is 0 Å². The summed E-state index contributed by atoms with van der Waals surface area (Å²) in [5, 5.41) is 6.10. The summed E-state index contributed by atoms with van der Waals surface area (Å²) in [6.07, 6.45) is 2.27. The van der Waals surface area contributed by atoms with Gasteiger partial charge in [-0.1, -0.05) is 15.9 Å². The molecule has 6 heteroatoms. The van der Waals surface area contributed by atoms with Crippen LogP contribution in [0.2, 0.25) is 0 Å². The number of nitrogens with zero attached hydrogens (tertiary/aromatic N) is 2. The van der Waals surface area contributed by atoms with Gasteiger partial charge in [-0.05, 0) is 56.5 Å². The van der Waals surface area contributed by atoms with Crippen LogP contribution in [0.15, 0.2) is 28.7 Å². The molecule has 0 bridgehead atoms. The van der Waals surface area contributed by atoms with Crippen LogP contribution in [0.25, 0.3) is 0 Å². The predicted octanol–water partition coefficient (Wildman–Crippen LogP) is 3.68. The molecule has 1 saturated carbocycles. The molecule has 0 spiro atoms. The molecule has 0 atom stereocenters. The van der Waals surface area contributed by atoms with Crippen molar-refractivity contribution in [3.05, 3.63) is 45.7 Å². The summed E-state index contributed by atoms with van der Waals surface area (Å²) >= 11 is 3.45. The summed E-state index contributed by atoms with van der Waals surface area (Å²) in [6, 6.07) is 7.83. The SMILES string of the molecule is Cc1cc(C(=O)Nc2ccc(Br)c(C)c2)nc(NC2CC2)n1. The van der Waals surface area contributed by atoms with Crippen molar-refractivity contribution in [1.29, 1.82) is 0 Å². The Labute approximate surface area is 137 Å². The molecule has 1 fully saturated rings. The maximum absolute atomic E-state index is 12.4. The second kappa shape index (κ2) is 6.04. The number of halogens is 1. The zero-order chi connectivity index (χ0) is 15.7. The third-order valence-electron chi connectivity index (χ3n) is 3.41. The molecule has 114 valence electrons. The minimum Gasteiger partial charge on any atom is -0.351 e. The van der Waals surface area contributed by atoms with E-state index in [1.807, 2.05) is 32.0 Å². The number of nitrogens with one attached hydrogen (secondary N) is 2. The molecule has 1 aromatic heterocycles. The number of carbonyl (C=O) groups is 1. The van der Waals surface area contributed by atoms with E-state index in [2.05, 4.69) is 36.5 Å². The molecular weight excluding hydrogens is 344 g/mol. The van der Waals surface area contributed by atoms with Gasteiger partial charge in [-0.25, -0.2) is 9.97 Å². The Balaban J connectivity index is 1.78. The fourth-order valence-corrected chi connectivity index (χ4v) is 2.32. The Morgan fingerprint density at radius 2 is 2.00 bits per heavy atom. The van der Waals surface area contributed by atoms with Gasteiger partial charge in [-0.2, -0.15) is 0 Å². The van der Waals surface area contributed by atoms with E-state index in [1.54, 1.807) is 6.07 Å². The zero-order valence-corrected chi connectivity index (χ0v) is 14.1. The van der Waals surface area contributed by atoms with Gasteiger partial charge in [0.1, 0.15) is 5.69 Å². The van der Waals surface area contributed by atoms with Crippen molar-refractivity contribution in [2.75, 3.05) is 10.6 Å². The van der Waals surface area contributed by atoms with Crippen LogP contribution in [-0.4, -0.2) is 21.9 Å². The highest BCUT2D eigenvalue weighted by Gasteiger charge is 2.22. The maximum Gasteiger partial charge on any atom is 0.274 e. The number of carbonyl (C=O) groups excluding carboxylic acids is 1. The first-order valence-electron chi connectivity index (χ1n) is 7.21. The minimum absolute atomic E-state index is 0.230. The first kappa shape index (κ1) is 15.0. The third kappa shape index (κ3) is 3.62. The van der Waals surface area contributed by atoms with Crippen LogP contribution < -0.4 is 10.6 Å². The maximum atomic E-state index is 12.4. The number of aromatic nitrogens is 2. The molecule has 0 aliphatic heterocycles. The molecule has 3 rings (SSSR count). The van der Waals surface area contributed by atoms with E-state index < -0.39 is 0 Å². The summed E-state index contributed by atoms with van der Waals surface area (Å²) in [7, 11) is 0. The number of rotatable bonds is 4. The van der Waals surface area contributed by atoms with Crippen LogP contribution >= 0.6 is 15.9 Å². The molecule has 0 saturated heterocycles. The molecule has 5 nitrogen and oxygen atoms in total. The molecule has 0 radical (unpaired) electrons. The highest BCUT2D eigenvalue weighted by Crippen LogP contribution is 2.23. The summed E-state index contributed by atoms with van der Waals surface area (Å²) in [6.45, 7) is 3.84. The topological polar surface area (TPSA) is 66.9 Å². The van der Waals surface area contributed by atoms with Crippen molar-refractivity contribution in [3.8, 4) is 0 Å². The van der Waals surface area contributed by atoms with E-state index in [0.29, 0.717) is 17.7 Å². The highest BCUT2D eigenvalue weighted by molar-refractivity contribution is 9.10. The lowest BCUT2D eigenvalue weighted by atomic mass is 10.2. The monoisotopic (exact) mass is 360 g/mol. The van der Waals surface area contributed by atoms with E-state index in [0.717, 1.165) is 34.3 Å². The predicted molar refractivity (Wildman–Crippen MR) is 90.2 cm³/mol. The summed E-state index contributed by atoms with van der Waals surface area (Å²) in [5.74, 6) is 0.297. The molecule has 1 aliphatic carbocycles. The average Bonchev–Trinajstić information content (AvgIpc) is 3.26. The zero-order valence-electron chi connectivity index (χ0n) is 12.5. The van der Waals surface area contributed by atoms with Gasteiger partial charge in [0, 0.05) is 21.9 Å². The normalized spacial score (nSPS) is 13.8. The van der Waals surface area contributed by atoms with Crippen molar-refractivity contribution in [1.82, 2.24) is 9.97 Å². The van der Waals surface area contributed by atoms with Crippen LogP contribution in [0.3, 0.4) is 0 Å². The Morgan fingerprint density at radius 3 is 2.68 bits per heavy atom. The summed E-state index contributed by atoms with van der Waals surface area (Å²) in [5.41, 5.74) is 2.96. The minimum atomic E-state index is -0.230. The standard InChI is InChI=1S/C16H17BrN4O/c1-9-7-12(5-6-13(9)17)19-15(22)14-8-10(2)18-16(21-14)20-11-3-4-11/h5-8,11H,3-4H2,1-2H3,(H,19,22)(H,18,20,21). The van der Waals surface area contributed by atoms with Crippen molar-refractivity contribution >= 4 is 33.5 Å². The van der Waals surface area contributed by atoms with Crippen LogP contribution in [-0.2, 0) is 0 Å². The van der Waals surface area contributed by atoms with Gasteiger partial charge >= 0.3 is 0 Å². The third-order valence-corrected chi connectivity index (χ3v) is 4.30. The second-order valence-electron chi connectivity index (χ2n) is 5.55. The Morgan fingerprint density at radius 1 is 1.23 bits per heavy atom. The lowest BCUT2D eigenvalue weighted by molar-refractivity contribution is 0.102. The van der Waals surface area contributed by atoms with Gasteiger partial charge in [0.15, 0.2) is 0 Å². The molecule has 0 unspecified atom stereocenters. The lowest BCUT2D eigenvalue weighted by Gasteiger charge is -2.09. The molecule has 1 aliphatic rings. The summed E-state index contributed by atoms with van der Waals surface area (Å²) < 4.78 is 1.01. The fourth-order valence-electron chi connectivity index (χ4n) is 2.08. The van der Waals surface area contributed by atoms with Crippen molar-refractivity contribution in [2.24, 2.45) is 0 Å².